The van der Waals surface area contributed by atoms with Gasteiger partial charge in [0, 0.05) is 0 Å². The van der Waals surface area contributed by atoms with Gasteiger partial charge in [-0.15, -0.1) is 0 Å². The Bertz CT molecular complexity index is 667. The highest BCUT2D eigenvalue weighted by Crippen LogP contribution is 2.37. The number of hydrogen-bond acceptors (Lipinski definition) is 4. The van der Waals surface area contributed by atoms with E-state index < -0.39 is 0 Å². The first-order valence-corrected chi connectivity index (χ1v) is 6.18. The maximum Gasteiger partial charge on any atom is 0.208 e. The molecule has 0 aromatic heterocycles. The normalized spacial score (nSPS) is 15.2. The second-order valence-electron chi connectivity index (χ2n) is 4.30. The van der Waals surface area contributed by atoms with Gasteiger partial charge in [-0.1, -0.05) is 24.3 Å². The highest BCUT2D eigenvalue weighted by Gasteiger charge is 2.22. The molecule has 0 amide bonds. The Balaban J connectivity index is 1.62. The molecular weight excluding hydrogens is 256 g/mol. The second kappa shape index (κ2) is 4.35. The van der Waals surface area contributed by atoms with Gasteiger partial charge < -0.3 is 18.9 Å². The number of hydrogen-bond donors (Lipinski definition) is 0. The van der Waals surface area contributed by atoms with Crippen molar-refractivity contribution in [2.24, 2.45) is 0 Å². The van der Waals surface area contributed by atoms with Gasteiger partial charge in [0.25, 0.3) is 0 Å². The van der Waals surface area contributed by atoms with Gasteiger partial charge >= 0.3 is 0 Å². The molecule has 4 rings (SSSR count). The van der Waals surface area contributed by atoms with E-state index in [0.29, 0.717) is 34.5 Å². The summed E-state index contributed by atoms with van der Waals surface area (Å²) in [5.74, 6) is 3.58. The molecule has 2 aromatic rings. The number of benzene rings is 2. The molecule has 0 atom stereocenters. The van der Waals surface area contributed by atoms with E-state index in [1.54, 1.807) is 0 Å². The van der Waals surface area contributed by atoms with Crippen molar-refractivity contribution in [1.29, 1.82) is 0 Å². The van der Waals surface area contributed by atoms with Gasteiger partial charge in [-0.2, -0.15) is 0 Å². The largest absolute Gasteiger partial charge is 0.457 e. The predicted molar refractivity (Wildman–Crippen MR) is 71.6 cm³/mol. The SMILES string of the molecule is C1=C(C2=COc3ccccc3O2)Oc2ccccc2O1. The van der Waals surface area contributed by atoms with Gasteiger partial charge in [-0.3, -0.25) is 0 Å². The summed E-state index contributed by atoms with van der Waals surface area (Å²) in [5.41, 5.74) is 0. The maximum atomic E-state index is 5.75. The van der Waals surface area contributed by atoms with E-state index in [9.17, 15) is 0 Å². The van der Waals surface area contributed by atoms with Crippen molar-refractivity contribution >= 4 is 0 Å². The molecular formula is C16H10O4. The van der Waals surface area contributed by atoms with Crippen LogP contribution in [0.15, 0.2) is 72.6 Å². The molecule has 0 bridgehead atoms. The van der Waals surface area contributed by atoms with Crippen LogP contribution >= 0.6 is 0 Å². The van der Waals surface area contributed by atoms with Crippen LogP contribution < -0.4 is 18.9 Å². The summed E-state index contributed by atoms with van der Waals surface area (Å²) >= 11 is 0. The van der Waals surface area contributed by atoms with Crippen LogP contribution in [0.5, 0.6) is 23.0 Å². The molecule has 2 heterocycles. The fraction of sp³-hybridized carbons (Fsp3) is 0. The Hall–Kier alpha value is -2.88. The molecule has 20 heavy (non-hydrogen) atoms. The first kappa shape index (κ1) is 11.0. The Labute approximate surface area is 115 Å². The third-order valence-corrected chi connectivity index (χ3v) is 2.97. The lowest BCUT2D eigenvalue weighted by Crippen LogP contribution is -2.14. The number of para-hydroxylation sites is 4. The Morgan fingerprint density at radius 3 is 1.35 bits per heavy atom. The first-order valence-electron chi connectivity index (χ1n) is 6.18. The lowest BCUT2D eigenvalue weighted by molar-refractivity contribution is 0.266. The summed E-state index contributed by atoms with van der Waals surface area (Å²) in [6, 6.07) is 14.9. The number of rotatable bonds is 1. The van der Waals surface area contributed by atoms with Crippen LogP contribution in [0.25, 0.3) is 0 Å². The molecule has 0 saturated heterocycles. The fourth-order valence-electron chi connectivity index (χ4n) is 2.00. The highest BCUT2D eigenvalue weighted by molar-refractivity contribution is 5.48. The van der Waals surface area contributed by atoms with Crippen LogP contribution in [0.4, 0.5) is 0 Å². The summed E-state index contributed by atoms with van der Waals surface area (Å²) in [7, 11) is 0. The highest BCUT2D eigenvalue weighted by atomic mass is 16.6. The molecule has 0 aliphatic carbocycles. The van der Waals surface area contributed by atoms with Gasteiger partial charge in [-0.05, 0) is 24.3 Å². The zero-order valence-electron chi connectivity index (χ0n) is 10.4. The third-order valence-electron chi connectivity index (χ3n) is 2.97. The molecule has 0 unspecified atom stereocenters. The van der Waals surface area contributed by atoms with Gasteiger partial charge in [0.15, 0.2) is 23.0 Å². The summed E-state index contributed by atoms with van der Waals surface area (Å²) in [6.45, 7) is 0. The zero-order chi connectivity index (χ0) is 13.4. The molecule has 2 aliphatic rings. The van der Waals surface area contributed by atoms with E-state index in [1.807, 2.05) is 48.5 Å². The van der Waals surface area contributed by atoms with Crippen LogP contribution in [0, 0.1) is 0 Å². The number of ether oxygens (including phenoxy) is 4. The van der Waals surface area contributed by atoms with Crippen molar-refractivity contribution in [3.05, 3.63) is 72.6 Å². The topological polar surface area (TPSA) is 36.9 Å². The van der Waals surface area contributed by atoms with Crippen LogP contribution in [-0.4, -0.2) is 0 Å². The Morgan fingerprint density at radius 2 is 0.900 bits per heavy atom. The average Bonchev–Trinajstić information content (AvgIpc) is 2.54. The van der Waals surface area contributed by atoms with Crippen molar-refractivity contribution in [3.63, 3.8) is 0 Å². The molecule has 2 aliphatic heterocycles. The molecule has 0 fully saturated rings. The first-order chi connectivity index (χ1) is 9.90. The van der Waals surface area contributed by atoms with Crippen molar-refractivity contribution < 1.29 is 18.9 Å². The van der Waals surface area contributed by atoms with Gasteiger partial charge in [0.2, 0.25) is 11.5 Å². The van der Waals surface area contributed by atoms with Crippen LogP contribution in [-0.2, 0) is 0 Å². The smallest absolute Gasteiger partial charge is 0.208 e. The van der Waals surface area contributed by atoms with Crippen LogP contribution in [0.2, 0.25) is 0 Å². The van der Waals surface area contributed by atoms with Gasteiger partial charge in [-0.25, -0.2) is 0 Å². The van der Waals surface area contributed by atoms with E-state index in [4.69, 9.17) is 18.9 Å². The number of fused-ring (bicyclic) bond motifs is 2. The van der Waals surface area contributed by atoms with Crippen molar-refractivity contribution in [1.82, 2.24) is 0 Å². The summed E-state index contributed by atoms with van der Waals surface area (Å²) in [5, 5.41) is 0. The van der Waals surface area contributed by atoms with Crippen molar-refractivity contribution in [2.45, 2.75) is 0 Å². The molecule has 0 N–H and O–H groups in total. The minimum atomic E-state index is 0.471. The molecule has 98 valence electrons. The standard InChI is InChI=1S/C16H10O4/c1-3-7-13-11(5-1)17-9-15(19-13)16-10-18-12-6-2-4-8-14(12)20-16/h1-10H. The van der Waals surface area contributed by atoms with E-state index in [-0.39, 0.29) is 0 Å². The Morgan fingerprint density at radius 1 is 0.500 bits per heavy atom. The van der Waals surface area contributed by atoms with Crippen molar-refractivity contribution in [3.8, 4) is 23.0 Å². The fourth-order valence-corrected chi connectivity index (χ4v) is 2.00. The quantitative estimate of drug-likeness (QED) is 0.790. The minimum absolute atomic E-state index is 0.471. The third kappa shape index (κ3) is 1.78. The summed E-state index contributed by atoms with van der Waals surface area (Å²) in [4.78, 5) is 0. The molecule has 2 aromatic carbocycles. The molecule has 4 heteroatoms. The van der Waals surface area contributed by atoms with E-state index in [2.05, 4.69) is 0 Å². The van der Waals surface area contributed by atoms with E-state index in [1.165, 1.54) is 12.5 Å². The van der Waals surface area contributed by atoms with Gasteiger partial charge in [0.05, 0.1) is 0 Å². The molecule has 0 radical (unpaired) electrons. The Kier molecular flexibility index (Phi) is 2.39. The average molecular weight is 266 g/mol. The zero-order valence-corrected chi connectivity index (χ0v) is 10.4. The van der Waals surface area contributed by atoms with E-state index >= 15 is 0 Å². The lowest BCUT2D eigenvalue weighted by atomic mass is 10.3. The predicted octanol–water partition coefficient (Wildman–Crippen LogP) is 3.61. The van der Waals surface area contributed by atoms with Crippen LogP contribution in [0.1, 0.15) is 0 Å². The summed E-state index contributed by atoms with van der Waals surface area (Å²) < 4.78 is 22.5. The monoisotopic (exact) mass is 266 g/mol. The van der Waals surface area contributed by atoms with Crippen LogP contribution in [0.3, 0.4) is 0 Å². The van der Waals surface area contributed by atoms with Gasteiger partial charge in [0.1, 0.15) is 12.5 Å². The second-order valence-corrected chi connectivity index (χ2v) is 4.30. The van der Waals surface area contributed by atoms with E-state index in [0.717, 1.165) is 0 Å². The lowest BCUT2D eigenvalue weighted by Gasteiger charge is -2.22. The van der Waals surface area contributed by atoms with Crippen molar-refractivity contribution in [2.75, 3.05) is 0 Å². The summed E-state index contributed by atoms with van der Waals surface area (Å²) in [6.07, 6.45) is 3.01. The minimum Gasteiger partial charge on any atom is -0.457 e. The maximum absolute atomic E-state index is 5.75. The molecule has 0 spiro atoms. The molecule has 0 saturated carbocycles. The molecule has 4 nitrogen and oxygen atoms in total.